The molecule has 4 rings (SSSR count). The van der Waals surface area contributed by atoms with Crippen LogP contribution in [0.5, 0.6) is 0 Å². The third-order valence-corrected chi connectivity index (χ3v) is 18.5. The molecule has 0 spiro atoms. The van der Waals surface area contributed by atoms with Crippen molar-refractivity contribution in [1.82, 2.24) is 10.6 Å². The number of aliphatic hydroxyl groups is 14. The quantitative estimate of drug-likeness (QED) is 0.0389. The predicted molar refractivity (Wildman–Crippen MR) is 337 cm³/mol. The van der Waals surface area contributed by atoms with Crippen LogP contribution in [0.4, 0.5) is 0 Å². The molecule has 0 aliphatic carbocycles. The first kappa shape index (κ1) is 82.5. The van der Waals surface area contributed by atoms with E-state index in [1.165, 1.54) is 129 Å². The second-order valence-electron chi connectivity index (χ2n) is 26.4. The van der Waals surface area contributed by atoms with E-state index in [-0.39, 0.29) is 12.8 Å². The Morgan fingerprint density at radius 2 is 0.859 bits per heavy atom. The molecule has 2 amide bonds. The summed E-state index contributed by atoms with van der Waals surface area (Å²) >= 11 is 0. The average Bonchev–Trinajstić information content (AvgIpc) is 1.38. The van der Waals surface area contributed by atoms with Gasteiger partial charge in [-0.1, -0.05) is 206 Å². The smallest absolute Gasteiger partial charge is 0.249 e. The summed E-state index contributed by atoms with van der Waals surface area (Å²) in [6.07, 6.45) is -2.60. The highest BCUT2D eigenvalue weighted by Gasteiger charge is 2.53. The summed E-state index contributed by atoms with van der Waals surface area (Å²) < 4.78 is 46.7. The van der Waals surface area contributed by atoms with Crippen molar-refractivity contribution >= 4 is 11.8 Å². The minimum absolute atomic E-state index is 0.126. The van der Waals surface area contributed by atoms with Gasteiger partial charge in [0.2, 0.25) is 11.8 Å². The van der Waals surface area contributed by atoms with Crippen LogP contribution < -0.4 is 10.6 Å². The number of carbonyl (C=O) groups excluding carboxylic acids is 2. The highest BCUT2D eigenvalue weighted by atomic mass is 16.8. The van der Waals surface area contributed by atoms with Crippen molar-refractivity contribution in [1.29, 1.82) is 0 Å². The van der Waals surface area contributed by atoms with Gasteiger partial charge in [0, 0.05) is 6.92 Å². The van der Waals surface area contributed by atoms with Gasteiger partial charge in [-0.15, -0.1) is 0 Å². The topological polar surface area (TPSA) is 415 Å². The van der Waals surface area contributed by atoms with E-state index in [1.807, 2.05) is 0 Å². The van der Waals surface area contributed by atoms with Crippen LogP contribution in [0.2, 0.25) is 0 Å². The minimum Gasteiger partial charge on any atom is -0.394 e. The third-order valence-electron chi connectivity index (χ3n) is 18.5. The molecule has 4 aliphatic heterocycles. The van der Waals surface area contributed by atoms with Crippen molar-refractivity contribution in [3.05, 3.63) is 0 Å². The Morgan fingerprint density at radius 3 is 1.32 bits per heavy atom. The summed E-state index contributed by atoms with van der Waals surface area (Å²) in [5, 5.41) is 159. The van der Waals surface area contributed by atoms with Crippen LogP contribution in [0, 0.1) is 0 Å². The van der Waals surface area contributed by atoms with E-state index >= 15 is 0 Å². The first-order valence-electron chi connectivity index (χ1n) is 35.3. The molecule has 92 heavy (non-hydrogen) atoms. The normalized spacial score (nSPS) is 32.7. The van der Waals surface area contributed by atoms with Gasteiger partial charge in [-0.25, -0.2) is 0 Å². The molecule has 4 saturated heterocycles. The van der Waals surface area contributed by atoms with Crippen molar-refractivity contribution < 1.29 is 119 Å². The van der Waals surface area contributed by atoms with Crippen LogP contribution in [0.15, 0.2) is 0 Å². The van der Waals surface area contributed by atoms with Crippen LogP contribution in [0.3, 0.4) is 0 Å². The van der Waals surface area contributed by atoms with Crippen molar-refractivity contribution in [3.8, 4) is 0 Å². The van der Waals surface area contributed by atoms with Gasteiger partial charge in [0.05, 0.1) is 44.7 Å². The number of hydrogen-bond donors (Lipinski definition) is 16. The maximum absolute atomic E-state index is 13.7. The Morgan fingerprint density at radius 1 is 0.446 bits per heavy atom. The number of carbonyl (C=O) groups is 2. The van der Waals surface area contributed by atoms with E-state index in [4.69, 9.17) is 37.9 Å². The molecular formula is C66H124N2O24. The average molecular weight is 1330 g/mol. The lowest BCUT2D eigenvalue weighted by molar-refractivity contribution is -0.371. The zero-order valence-corrected chi connectivity index (χ0v) is 55.7. The summed E-state index contributed by atoms with van der Waals surface area (Å²) in [5.74, 6) is -1.53. The van der Waals surface area contributed by atoms with E-state index in [9.17, 15) is 81.1 Å². The number of hydrogen-bond acceptors (Lipinski definition) is 24. The molecule has 0 radical (unpaired) electrons. The number of unbranched alkanes of at least 4 members (excludes halogenated alkanes) is 28. The van der Waals surface area contributed by atoms with E-state index in [1.54, 1.807) is 0 Å². The molecule has 24 unspecified atom stereocenters. The van der Waals surface area contributed by atoms with Gasteiger partial charge < -0.3 is 120 Å². The van der Waals surface area contributed by atoms with Gasteiger partial charge in [0.15, 0.2) is 25.2 Å². The predicted octanol–water partition coefficient (Wildman–Crippen LogP) is 2.54. The van der Waals surface area contributed by atoms with Crippen LogP contribution in [-0.4, -0.2) is 257 Å². The van der Waals surface area contributed by atoms with Crippen molar-refractivity contribution in [2.75, 3.05) is 26.4 Å². The number of rotatable bonds is 50. The fourth-order valence-electron chi connectivity index (χ4n) is 12.6. The van der Waals surface area contributed by atoms with Gasteiger partial charge in [0.1, 0.15) is 104 Å². The Kier molecular flexibility index (Phi) is 41.6. The van der Waals surface area contributed by atoms with Crippen LogP contribution in [0.25, 0.3) is 0 Å². The highest BCUT2D eigenvalue weighted by Crippen LogP contribution is 2.33. The van der Waals surface area contributed by atoms with Crippen molar-refractivity contribution in [2.45, 2.75) is 380 Å². The molecule has 16 N–H and O–H groups in total. The lowest BCUT2D eigenvalue weighted by Gasteiger charge is -2.47. The molecule has 4 heterocycles. The first-order chi connectivity index (χ1) is 44.2. The Hall–Kier alpha value is -1.94. The summed E-state index contributed by atoms with van der Waals surface area (Å²) in [6, 6.07) is -2.91. The maximum atomic E-state index is 13.7. The van der Waals surface area contributed by atoms with E-state index < -0.39 is 185 Å². The summed E-state index contributed by atoms with van der Waals surface area (Å²) in [4.78, 5) is 26.0. The third kappa shape index (κ3) is 28.5. The van der Waals surface area contributed by atoms with Crippen molar-refractivity contribution in [3.63, 3.8) is 0 Å². The zero-order chi connectivity index (χ0) is 67.5. The largest absolute Gasteiger partial charge is 0.394 e. The molecule has 0 aromatic rings. The second kappa shape index (κ2) is 46.4. The molecule has 4 aliphatic rings. The number of amides is 2. The molecule has 0 aromatic heterocycles. The molecular weight excluding hydrogens is 1200 g/mol. The van der Waals surface area contributed by atoms with Gasteiger partial charge in [-0.2, -0.15) is 0 Å². The fourth-order valence-corrected chi connectivity index (χ4v) is 12.6. The Balaban J connectivity index is 1.39. The molecule has 0 bridgehead atoms. The maximum Gasteiger partial charge on any atom is 0.249 e. The van der Waals surface area contributed by atoms with Crippen LogP contribution >= 0.6 is 0 Å². The van der Waals surface area contributed by atoms with E-state index in [0.29, 0.717) is 12.8 Å². The Labute approximate surface area is 546 Å². The number of nitrogens with one attached hydrogen (secondary N) is 2. The SMILES string of the molecule is CCCCCCCCCCCCCCCCCCCC(O)C(=O)NC(COC1OC(CO)C(O)C(O)C1OC1OC(COC2OC(COC3OC(C(C)O)C(O)C3O)C(O)C(O)C2NC(C)=O)C(O)C(O)C1O)C(O)C(O)CCCCCCCCCCCCCCC. The van der Waals surface area contributed by atoms with Gasteiger partial charge in [0.25, 0.3) is 0 Å². The van der Waals surface area contributed by atoms with E-state index in [0.717, 1.165) is 64.7 Å². The summed E-state index contributed by atoms with van der Waals surface area (Å²) in [5.41, 5.74) is 0. The monoisotopic (exact) mass is 1330 g/mol. The first-order valence-corrected chi connectivity index (χ1v) is 35.3. The van der Waals surface area contributed by atoms with Crippen LogP contribution in [-0.2, 0) is 47.5 Å². The van der Waals surface area contributed by atoms with E-state index in [2.05, 4.69) is 24.5 Å². The standard InChI is InChI=1S/C66H124N2O24/c1-5-7-9-11-13-15-17-19-20-21-22-24-26-28-30-32-34-36-45(73)62(84)68-43(50(74)44(72)35-33-31-29-27-25-23-18-16-14-12-10-8-6-2)38-85-66-61(56(80)51(75)46(37-69)88-66)92-65-58(82)55(79)53(77)48(90-65)39-86-63-49(67-42(4)71)54(78)52(76)47(89-63)40-87-64-59(83)57(81)60(91-64)41(3)70/h41,43-61,63-66,69-70,72-83H,5-40H2,1-4H3,(H,67,71)(H,68,84). The molecule has 0 aromatic carbocycles. The van der Waals surface area contributed by atoms with Crippen molar-refractivity contribution in [2.24, 2.45) is 0 Å². The second-order valence-corrected chi connectivity index (χ2v) is 26.4. The molecule has 4 fully saturated rings. The molecule has 26 heteroatoms. The lowest BCUT2D eigenvalue weighted by atomic mass is 9.96. The summed E-state index contributed by atoms with van der Waals surface area (Å²) in [6.45, 7) is 3.98. The Bertz CT molecular complexity index is 1910. The zero-order valence-electron chi connectivity index (χ0n) is 55.7. The highest BCUT2D eigenvalue weighted by molar-refractivity contribution is 5.80. The lowest BCUT2D eigenvalue weighted by Crippen LogP contribution is -2.66. The number of aliphatic hydroxyl groups excluding tert-OH is 14. The minimum atomic E-state index is -2.09. The molecule has 26 nitrogen and oxygen atoms in total. The number of ether oxygens (including phenoxy) is 8. The molecule has 542 valence electrons. The van der Waals surface area contributed by atoms with Gasteiger partial charge >= 0.3 is 0 Å². The van der Waals surface area contributed by atoms with Gasteiger partial charge in [-0.3, -0.25) is 9.59 Å². The summed E-state index contributed by atoms with van der Waals surface area (Å²) in [7, 11) is 0. The van der Waals surface area contributed by atoms with Crippen LogP contribution in [0.1, 0.15) is 233 Å². The molecule has 24 atom stereocenters. The fraction of sp³-hybridized carbons (Fsp3) is 0.970. The van der Waals surface area contributed by atoms with Gasteiger partial charge in [-0.05, 0) is 19.8 Å². The molecule has 0 saturated carbocycles.